The summed E-state index contributed by atoms with van der Waals surface area (Å²) in [7, 11) is 0. The minimum Gasteiger partial charge on any atom is -0.455 e. The predicted molar refractivity (Wildman–Crippen MR) is 433 cm³/mol. The van der Waals surface area contributed by atoms with Crippen LogP contribution in [0.1, 0.15) is 47.2 Å². The average Bonchev–Trinajstić information content (AvgIpc) is 1.53. The number of benzene rings is 16. The van der Waals surface area contributed by atoms with Crippen molar-refractivity contribution in [3.8, 4) is 66.8 Å². The van der Waals surface area contributed by atoms with E-state index in [1.807, 2.05) is 6.07 Å². The number of hydrogen-bond acceptors (Lipinski definition) is 4. The van der Waals surface area contributed by atoms with E-state index in [0.29, 0.717) is 0 Å². The molecule has 20 rings (SSSR count). The fourth-order valence-corrected chi connectivity index (χ4v) is 16.6. The molecule has 492 valence electrons. The molecular weight excluding hydrogens is 1260 g/mol. The summed E-state index contributed by atoms with van der Waals surface area (Å²) in [4.78, 5) is 4.77. The summed E-state index contributed by atoms with van der Waals surface area (Å²) >= 11 is 0. The average molecular weight is 1330 g/mol. The van der Waals surface area contributed by atoms with E-state index >= 15 is 0 Å². The van der Waals surface area contributed by atoms with Crippen molar-refractivity contribution in [1.29, 1.82) is 0 Å². The third-order valence-corrected chi connectivity index (χ3v) is 21.7. The lowest BCUT2D eigenvalue weighted by molar-refractivity contribution is 0.653. The molecule has 2 heterocycles. The fourth-order valence-electron chi connectivity index (χ4n) is 16.6. The van der Waals surface area contributed by atoms with Crippen LogP contribution in [0.2, 0.25) is 0 Å². The minimum atomic E-state index is -0.601. The summed E-state index contributed by atoms with van der Waals surface area (Å²) in [5.74, 6) is 0. The van der Waals surface area contributed by atoms with Gasteiger partial charge in [-0.1, -0.05) is 317 Å². The zero-order valence-corrected chi connectivity index (χ0v) is 57.7. The molecule has 0 N–H and O–H groups in total. The van der Waals surface area contributed by atoms with Crippen LogP contribution in [0.25, 0.3) is 111 Å². The highest BCUT2D eigenvalue weighted by Gasteiger charge is 2.48. The summed E-state index contributed by atoms with van der Waals surface area (Å²) in [6.45, 7) is 4.67. The molecule has 0 aliphatic heterocycles. The maximum atomic E-state index is 6.82. The summed E-state index contributed by atoms with van der Waals surface area (Å²) in [6, 6.07) is 140. The van der Waals surface area contributed by atoms with Crippen LogP contribution in [0.4, 0.5) is 34.1 Å². The molecule has 0 unspecified atom stereocenters. The number of anilines is 6. The molecule has 4 heteroatoms. The molecule has 2 aliphatic rings. The zero-order chi connectivity index (χ0) is 69.3. The Balaban J connectivity index is 0.000000146. The molecule has 0 saturated carbocycles. The quantitative estimate of drug-likeness (QED) is 0.122. The largest absolute Gasteiger partial charge is 0.455 e. The molecule has 0 bridgehead atoms. The lowest BCUT2D eigenvalue weighted by Gasteiger charge is -2.35. The fraction of sp³-hybridized carbons (Fsp3) is 0.0400. The van der Waals surface area contributed by atoms with Crippen molar-refractivity contribution in [1.82, 2.24) is 0 Å². The summed E-state index contributed by atoms with van der Waals surface area (Å²) in [6.07, 6.45) is 0. The van der Waals surface area contributed by atoms with Crippen LogP contribution in [-0.4, -0.2) is 0 Å². The standard InChI is InChI=1S/C55H37NO.C45H33NO/c1-5-15-38(16-6-1)40-25-29-44(30-26-40)56(45-31-27-41(28-32-45)39-17-7-2-8-18-39)46-33-34-49-51(37-46)55(42-19-9-3-10-20-42,43-21-11-4-12-22-43)50-36-35-48-47-23-13-14-24-52(47)57-54(48)53(49)50;1-45(2)40-28-27-38-37-15-9-10-16-42(37)47-44(38)43(40)39-26-25-36(29-41(39)45)46(34-21-17-32(18-22-34)30-11-5-3-6-12-30)35-23-19-33(20-24-35)31-13-7-4-8-14-31/h1-37H;3-29H,1-2H3. The molecule has 0 atom stereocenters. The first-order chi connectivity index (χ1) is 51.3. The Morgan fingerprint density at radius 1 is 0.221 bits per heavy atom. The SMILES string of the molecule is CC1(C)c2cc(N(c3ccc(-c4ccccc4)cc3)c3ccc(-c4ccccc4)cc3)ccc2-c2c1ccc1c2oc2ccccc21.c1ccc(-c2ccc(N(c3ccc(-c4ccccc4)cc3)c3ccc4c(c3)C(c3ccccc3)(c3ccccc3)c3ccc5c(oc6ccccc65)c3-4)cc2)cc1. The second-order valence-corrected chi connectivity index (χ2v) is 27.8. The lowest BCUT2D eigenvalue weighted by Crippen LogP contribution is -2.28. The smallest absolute Gasteiger partial charge is 0.143 e. The Morgan fingerprint density at radius 2 is 0.510 bits per heavy atom. The van der Waals surface area contributed by atoms with Crippen molar-refractivity contribution in [2.75, 3.05) is 9.80 Å². The zero-order valence-electron chi connectivity index (χ0n) is 57.7. The Morgan fingerprint density at radius 3 is 0.885 bits per heavy atom. The molecule has 0 spiro atoms. The van der Waals surface area contributed by atoms with Crippen LogP contribution < -0.4 is 9.80 Å². The van der Waals surface area contributed by atoms with Gasteiger partial charge in [0, 0.05) is 72.2 Å². The van der Waals surface area contributed by atoms with Crippen molar-refractivity contribution in [2.45, 2.75) is 24.7 Å². The van der Waals surface area contributed by atoms with Crippen molar-refractivity contribution >= 4 is 78.0 Å². The lowest BCUT2D eigenvalue weighted by atomic mass is 9.67. The van der Waals surface area contributed by atoms with Gasteiger partial charge in [0.05, 0.1) is 5.41 Å². The summed E-state index contributed by atoms with van der Waals surface area (Å²) in [5.41, 5.74) is 31.5. The molecule has 18 aromatic rings. The molecule has 0 radical (unpaired) electrons. The van der Waals surface area contributed by atoms with Gasteiger partial charge in [-0.25, -0.2) is 0 Å². The highest BCUT2D eigenvalue weighted by molar-refractivity contribution is 6.14. The Bertz CT molecular complexity index is 5980. The van der Waals surface area contributed by atoms with Gasteiger partial charge in [0.2, 0.25) is 0 Å². The van der Waals surface area contributed by atoms with Gasteiger partial charge in [0.1, 0.15) is 22.3 Å². The van der Waals surface area contributed by atoms with Crippen molar-refractivity contribution in [2.24, 2.45) is 0 Å². The maximum absolute atomic E-state index is 6.82. The summed E-state index contributed by atoms with van der Waals surface area (Å²) in [5, 5.41) is 4.60. The number of furan rings is 2. The van der Waals surface area contributed by atoms with Gasteiger partial charge >= 0.3 is 0 Å². The predicted octanol–water partition coefficient (Wildman–Crippen LogP) is 27.4. The van der Waals surface area contributed by atoms with Crippen molar-refractivity contribution in [3.63, 3.8) is 0 Å². The first kappa shape index (κ1) is 61.8. The Labute approximate surface area is 605 Å². The first-order valence-corrected chi connectivity index (χ1v) is 35.9. The number of para-hydroxylation sites is 2. The Kier molecular flexibility index (Phi) is 15.1. The molecule has 2 aliphatic carbocycles. The maximum Gasteiger partial charge on any atom is 0.143 e. The van der Waals surface area contributed by atoms with Crippen LogP contribution >= 0.6 is 0 Å². The van der Waals surface area contributed by atoms with Gasteiger partial charge in [-0.15, -0.1) is 0 Å². The second kappa shape index (κ2) is 25.4. The normalized spacial score (nSPS) is 12.9. The molecular formula is C100H70N2O2. The van der Waals surface area contributed by atoms with E-state index in [-0.39, 0.29) is 5.41 Å². The van der Waals surface area contributed by atoms with Gasteiger partial charge < -0.3 is 18.6 Å². The second-order valence-electron chi connectivity index (χ2n) is 27.8. The number of fused-ring (bicyclic) bond motifs is 14. The number of nitrogens with zero attached hydrogens (tertiary/aromatic N) is 2. The third-order valence-electron chi connectivity index (χ3n) is 21.7. The van der Waals surface area contributed by atoms with Crippen LogP contribution in [-0.2, 0) is 10.8 Å². The van der Waals surface area contributed by atoms with E-state index < -0.39 is 5.41 Å². The molecule has 4 nitrogen and oxygen atoms in total. The topological polar surface area (TPSA) is 32.8 Å². The van der Waals surface area contributed by atoms with Crippen LogP contribution in [0.3, 0.4) is 0 Å². The molecule has 0 amide bonds. The van der Waals surface area contributed by atoms with Crippen LogP contribution in [0.15, 0.2) is 397 Å². The minimum absolute atomic E-state index is 0.187. The number of hydrogen-bond donors (Lipinski definition) is 0. The molecule has 0 saturated heterocycles. The summed E-state index contributed by atoms with van der Waals surface area (Å²) < 4.78 is 13.4. The molecule has 16 aromatic carbocycles. The number of rotatable bonds is 12. The molecule has 2 aromatic heterocycles. The highest BCUT2D eigenvalue weighted by Crippen LogP contribution is 2.60. The van der Waals surface area contributed by atoms with Crippen LogP contribution in [0.5, 0.6) is 0 Å². The van der Waals surface area contributed by atoms with Gasteiger partial charge in [-0.3, -0.25) is 0 Å². The van der Waals surface area contributed by atoms with Gasteiger partial charge in [-0.2, -0.15) is 0 Å². The molecule has 104 heavy (non-hydrogen) atoms. The third kappa shape index (κ3) is 10.4. The van der Waals surface area contributed by atoms with Gasteiger partial charge in [0.25, 0.3) is 0 Å². The van der Waals surface area contributed by atoms with E-state index in [1.165, 1.54) is 100.0 Å². The van der Waals surface area contributed by atoms with E-state index in [9.17, 15) is 0 Å². The van der Waals surface area contributed by atoms with E-state index in [2.05, 4.69) is 406 Å². The highest BCUT2D eigenvalue weighted by atomic mass is 16.3. The van der Waals surface area contributed by atoms with Crippen molar-refractivity contribution in [3.05, 3.63) is 422 Å². The van der Waals surface area contributed by atoms with E-state index in [1.54, 1.807) is 0 Å². The first-order valence-electron chi connectivity index (χ1n) is 35.9. The van der Waals surface area contributed by atoms with E-state index in [0.717, 1.165) is 78.2 Å². The Hall–Kier alpha value is -13.3. The van der Waals surface area contributed by atoms with Crippen molar-refractivity contribution < 1.29 is 8.83 Å². The molecule has 0 fully saturated rings. The van der Waals surface area contributed by atoms with Gasteiger partial charge in [-0.05, 0) is 174 Å². The van der Waals surface area contributed by atoms with Crippen LogP contribution in [0, 0.1) is 0 Å². The van der Waals surface area contributed by atoms with Gasteiger partial charge in [0.15, 0.2) is 0 Å². The van der Waals surface area contributed by atoms with E-state index in [4.69, 9.17) is 8.83 Å². The monoisotopic (exact) mass is 1330 g/mol.